The number of carboxylic acids is 1. The van der Waals surface area contributed by atoms with Gasteiger partial charge in [-0.15, -0.1) is 0 Å². The van der Waals surface area contributed by atoms with Crippen molar-refractivity contribution in [1.82, 2.24) is 19.7 Å². The van der Waals surface area contributed by atoms with Crippen molar-refractivity contribution in [2.75, 3.05) is 11.9 Å². The standard InChI is InChI=1S/C10H11N5O2/c16-10(17)8-9(12-4-3-11-8)13-5-7-15-6-1-2-14-15/h1-4,6H,5,7H2,(H,12,13)(H,16,17). The van der Waals surface area contributed by atoms with Gasteiger partial charge in [0.1, 0.15) is 0 Å². The Morgan fingerprint density at radius 2 is 2.18 bits per heavy atom. The van der Waals surface area contributed by atoms with Crippen LogP contribution in [0.2, 0.25) is 0 Å². The van der Waals surface area contributed by atoms with Crippen LogP contribution < -0.4 is 5.32 Å². The fraction of sp³-hybridized carbons (Fsp3) is 0.200. The highest BCUT2D eigenvalue weighted by atomic mass is 16.4. The maximum absolute atomic E-state index is 10.9. The zero-order valence-corrected chi connectivity index (χ0v) is 8.95. The highest BCUT2D eigenvalue weighted by Crippen LogP contribution is 2.07. The lowest BCUT2D eigenvalue weighted by molar-refractivity contribution is 0.0691. The van der Waals surface area contributed by atoms with E-state index in [0.717, 1.165) is 0 Å². The minimum Gasteiger partial charge on any atom is -0.476 e. The van der Waals surface area contributed by atoms with Gasteiger partial charge in [-0.05, 0) is 6.07 Å². The molecule has 7 nitrogen and oxygen atoms in total. The molecule has 0 saturated heterocycles. The second-order valence-corrected chi connectivity index (χ2v) is 3.25. The van der Waals surface area contributed by atoms with Gasteiger partial charge in [0.2, 0.25) is 0 Å². The molecule has 0 spiro atoms. The predicted octanol–water partition coefficient (Wildman–Crippen LogP) is 0.483. The molecule has 0 aliphatic carbocycles. The number of nitrogens with one attached hydrogen (secondary N) is 1. The molecule has 0 amide bonds. The molecule has 2 aromatic heterocycles. The Morgan fingerprint density at radius 3 is 2.88 bits per heavy atom. The maximum atomic E-state index is 10.9. The van der Waals surface area contributed by atoms with E-state index in [2.05, 4.69) is 20.4 Å². The van der Waals surface area contributed by atoms with Crippen molar-refractivity contribution in [2.45, 2.75) is 6.54 Å². The Hall–Kier alpha value is -2.44. The first-order valence-corrected chi connectivity index (χ1v) is 5.03. The summed E-state index contributed by atoms with van der Waals surface area (Å²) in [5, 5.41) is 15.8. The van der Waals surface area contributed by atoms with E-state index >= 15 is 0 Å². The molecule has 88 valence electrons. The molecule has 0 saturated carbocycles. The number of hydrogen-bond acceptors (Lipinski definition) is 5. The highest BCUT2D eigenvalue weighted by Gasteiger charge is 2.11. The van der Waals surface area contributed by atoms with Crippen LogP contribution in [0.3, 0.4) is 0 Å². The van der Waals surface area contributed by atoms with Crippen LogP contribution in [0, 0.1) is 0 Å². The third-order valence-electron chi connectivity index (χ3n) is 2.09. The average molecular weight is 233 g/mol. The van der Waals surface area contributed by atoms with E-state index < -0.39 is 5.97 Å². The lowest BCUT2D eigenvalue weighted by atomic mass is 10.4. The van der Waals surface area contributed by atoms with Gasteiger partial charge < -0.3 is 10.4 Å². The molecule has 0 aromatic carbocycles. The van der Waals surface area contributed by atoms with Crippen LogP contribution >= 0.6 is 0 Å². The van der Waals surface area contributed by atoms with Crippen molar-refractivity contribution in [3.05, 3.63) is 36.5 Å². The minimum absolute atomic E-state index is 0.0760. The van der Waals surface area contributed by atoms with Crippen LogP contribution in [0.1, 0.15) is 10.5 Å². The van der Waals surface area contributed by atoms with Gasteiger partial charge in [0.05, 0.1) is 6.54 Å². The third kappa shape index (κ3) is 2.77. The molecule has 0 radical (unpaired) electrons. The van der Waals surface area contributed by atoms with E-state index in [1.165, 1.54) is 12.4 Å². The van der Waals surface area contributed by atoms with Crippen molar-refractivity contribution in [3.63, 3.8) is 0 Å². The summed E-state index contributed by atoms with van der Waals surface area (Å²) in [5.41, 5.74) is -0.0760. The maximum Gasteiger partial charge on any atom is 0.358 e. The average Bonchev–Trinajstić information content (AvgIpc) is 2.82. The number of nitrogens with zero attached hydrogens (tertiary/aromatic N) is 4. The van der Waals surface area contributed by atoms with E-state index in [4.69, 9.17) is 5.11 Å². The monoisotopic (exact) mass is 233 g/mol. The van der Waals surface area contributed by atoms with Gasteiger partial charge in [0, 0.05) is 31.3 Å². The Bertz CT molecular complexity index is 497. The molecule has 0 atom stereocenters. The minimum atomic E-state index is -1.10. The SMILES string of the molecule is O=C(O)c1nccnc1NCCn1cccn1. The van der Waals surface area contributed by atoms with Gasteiger partial charge in [-0.2, -0.15) is 5.10 Å². The largest absolute Gasteiger partial charge is 0.476 e. The van der Waals surface area contributed by atoms with Crippen molar-refractivity contribution < 1.29 is 9.90 Å². The van der Waals surface area contributed by atoms with Crippen LogP contribution in [-0.4, -0.2) is 37.4 Å². The summed E-state index contributed by atoms with van der Waals surface area (Å²) in [6.45, 7) is 1.16. The molecule has 2 rings (SSSR count). The quantitative estimate of drug-likeness (QED) is 0.780. The first kappa shape index (κ1) is 11.1. The summed E-state index contributed by atoms with van der Waals surface area (Å²) in [6.07, 6.45) is 6.31. The molecule has 2 aromatic rings. The van der Waals surface area contributed by atoms with E-state index in [1.807, 2.05) is 12.3 Å². The molecule has 0 fully saturated rings. The number of hydrogen-bond donors (Lipinski definition) is 2. The van der Waals surface area contributed by atoms with Crippen LogP contribution in [0.5, 0.6) is 0 Å². The smallest absolute Gasteiger partial charge is 0.358 e. The Balaban J connectivity index is 1.97. The van der Waals surface area contributed by atoms with Crippen LogP contribution in [0.25, 0.3) is 0 Å². The third-order valence-corrected chi connectivity index (χ3v) is 2.09. The number of rotatable bonds is 5. The molecule has 7 heteroatoms. The summed E-state index contributed by atoms with van der Waals surface area (Å²) >= 11 is 0. The number of carbonyl (C=O) groups is 1. The van der Waals surface area contributed by atoms with Gasteiger partial charge in [-0.3, -0.25) is 4.68 Å². The van der Waals surface area contributed by atoms with Crippen molar-refractivity contribution >= 4 is 11.8 Å². The van der Waals surface area contributed by atoms with E-state index in [-0.39, 0.29) is 11.5 Å². The normalized spacial score (nSPS) is 10.1. The van der Waals surface area contributed by atoms with Crippen LogP contribution in [0.15, 0.2) is 30.9 Å². The Kier molecular flexibility index (Phi) is 3.29. The number of aromatic nitrogens is 4. The molecule has 0 aliphatic rings. The first-order valence-electron chi connectivity index (χ1n) is 5.03. The highest BCUT2D eigenvalue weighted by molar-refractivity contribution is 5.90. The van der Waals surface area contributed by atoms with E-state index in [9.17, 15) is 4.79 Å². The zero-order chi connectivity index (χ0) is 12.1. The molecule has 0 aliphatic heterocycles. The van der Waals surface area contributed by atoms with Gasteiger partial charge in [-0.25, -0.2) is 14.8 Å². The second-order valence-electron chi connectivity index (χ2n) is 3.25. The molecule has 2 N–H and O–H groups in total. The van der Waals surface area contributed by atoms with Gasteiger partial charge in [0.15, 0.2) is 11.5 Å². The summed E-state index contributed by atoms with van der Waals surface area (Å²) in [6, 6.07) is 1.82. The van der Waals surface area contributed by atoms with Crippen molar-refractivity contribution in [1.29, 1.82) is 0 Å². The summed E-state index contributed by atoms with van der Waals surface area (Å²) in [7, 11) is 0. The summed E-state index contributed by atoms with van der Waals surface area (Å²) < 4.78 is 1.74. The van der Waals surface area contributed by atoms with Crippen molar-refractivity contribution in [2.24, 2.45) is 0 Å². The fourth-order valence-corrected chi connectivity index (χ4v) is 1.35. The second kappa shape index (κ2) is 5.06. The molecule has 2 heterocycles. The van der Waals surface area contributed by atoms with Crippen LogP contribution in [0.4, 0.5) is 5.82 Å². The molecular weight excluding hydrogens is 222 g/mol. The lowest BCUT2D eigenvalue weighted by Crippen LogP contribution is -2.15. The molecule has 17 heavy (non-hydrogen) atoms. The number of aromatic carboxylic acids is 1. The fourth-order valence-electron chi connectivity index (χ4n) is 1.35. The van der Waals surface area contributed by atoms with E-state index in [1.54, 1.807) is 10.9 Å². The first-order chi connectivity index (χ1) is 8.27. The predicted molar refractivity (Wildman–Crippen MR) is 59.7 cm³/mol. The van der Waals surface area contributed by atoms with Gasteiger partial charge in [-0.1, -0.05) is 0 Å². The molecular formula is C10H11N5O2. The van der Waals surface area contributed by atoms with E-state index in [0.29, 0.717) is 13.1 Å². The lowest BCUT2D eigenvalue weighted by Gasteiger charge is -2.07. The molecule has 0 unspecified atom stereocenters. The van der Waals surface area contributed by atoms with Crippen LogP contribution in [-0.2, 0) is 6.54 Å². The summed E-state index contributed by atoms with van der Waals surface area (Å²) in [5.74, 6) is -0.827. The summed E-state index contributed by atoms with van der Waals surface area (Å²) in [4.78, 5) is 18.5. The number of anilines is 1. The topological polar surface area (TPSA) is 92.9 Å². The Labute approximate surface area is 97.1 Å². The van der Waals surface area contributed by atoms with Gasteiger partial charge >= 0.3 is 5.97 Å². The Morgan fingerprint density at radius 1 is 1.35 bits per heavy atom. The number of carboxylic acid groups (broad SMARTS) is 1. The van der Waals surface area contributed by atoms with Crippen molar-refractivity contribution in [3.8, 4) is 0 Å². The molecule has 0 bridgehead atoms. The van der Waals surface area contributed by atoms with Gasteiger partial charge in [0.25, 0.3) is 0 Å². The zero-order valence-electron chi connectivity index (χ0n) is 8.95.